The summed E-state index contributed by atoms with van der Waals surface area (Å²) in [5.74, 6) is 0. The molecule has 7 nitrogen and oxygen atoms in total. The van der Waals surface area contributed by atoms with Gasteiger partial charge in [-0.2, -0.15) is 8.42 Å². The van der Waals surface area contributed by atoms with Gasteiger partial charge in [-0.05, 0) is 46.2 Å². The number of hydrogen-bond acceptors (Lipinski definition) is 7. The summed E-state index contributed by atoms with van der Waals surface area (Å²) < 4.78 is 51.9. The van der Waals surface area contributed by atoms with Crippen molar-refractivity contribution in [3.05, 3.63) is 29.8 Å². The largest absolute Gasteiger partial charge is 0.501 e. The zero-order valence-electron chi connectivity index (χ0n) is 16.7. The molecule has 27 heavy (non-hydrogen) atoms. The van der Waals surface area contributed by atoms with Gasteiger partial charge in [0.2, 0.25) is 0 Å². The van der Waals surface area contributed by atoms with E-state index in [1.807, 2.05) is 27.7 Å². The molecule has 0 aliphatic heterocycles. The van der Waals surface area contributed by atoms with Gasteiger partial charge in [-0.3, -0.25) is 4.18 Å². The number of ether oxygens (including phenoxy) is 1. The van der Waals surface area contributed by atoms with Gasteiger partial charge in [0.25, 0.3) is 10.1 Å². The number of aryl methyl sites for hydroxylation is 1. The Balaban J connectivity index is 2.32. The highest BCUT2D eigenvalue weighted by atomic mass is 32.2. The highest BCUT2D eigenvalue weighted by molar-refractivity contribution is 7.86. The number of benzene rings is 1. The van der Waals surface area contributed by atoms with Crippen molar-refractivity contribution in [3.63, 3.8) is 0 Å². The molecule has 0 amide bonds. The normalized spacial score (nSPS) is 12.4. The molecule has 1 aromatic rings. The summed E-state index contributed by atoms with van der Waals surface area (Å²) >= 11 is 0. The van der Waals surface area contributed by atoms with Gasteiger partial charge < -0.3 is 18.0 Å². The zero-order chi connectivity index (χ0) is 20.2. The second-order valence-electron chi connectivity index (χ2n) is 5.79. The van der Waals surface area contributed by atoms with Gasteiger partial charge in [0.15, 0.2) is 0 Å². The maximum atomic E-state index is 12.1. The van der Waals surface area contributed by atoms with E-state index in [1.54, 1.807) is 12.1 Å². The summed E-state index contributed by atoms with van der Waals surface area (Å²) in [6, 6.07) is 7.19. The molecule has 0 unspecified atom stereocenters. The van der Waals surface area contributed by atoms with Crippen LogP contribution in [0.5, 0.6) is 0 Å². The SMILES string of the molecule is CCO[Si](CCCOCCOS(=O)(=O)c1ccc(C)cc1)(OCC)OCC. The van der Waals surface area contributed by atoms with E-state index in [-0.39, 0.29) is 18.1 Å². The van der Waals surface area contributed by atoms with Crippen molar-refractivity contribution in [3.8, 4) is 0 Å². The molecule has 0 saturated carbocycles. The Hall–Kier alpha value is -0.813. The summed E-state index contributed by atoms with van der Waals surface area (Å²) in [4.78, 5) is 0.147. The van der Waals surface area contributed by atoms with Crippen LogP contribution in [0.4, 0.5) is 0 Å². The predicted molar refractivity (Wildman–Crippen MR) is 105 cm³/mol. The summed E-state index contributed by atoms with van der Waals surface area (Å²) in [6.45, 7) is 9.89. The van der Waals surface area contributed by atoms with Crippen LogP contribution in [0.25, 0.3) is 0 Å². The van der Waals surface area contributed by atoms with E-state index in [2.05, 4.69) is 0 Å². The van der Waals surface area contributed by atoms with Crippen LogP contribution >= 0.6 is 0 Å². The van der Waals surface area contributed by atoms with E-state index in [4.69, 9.17) is 22.2 Å². The predicted octanol–water partition coefficient (Wildman–Crippen LogP) is 3.16. The average Bonchev–Trinajstić information content (AvgIpc) is 2.62. The highest BCUT2D eigenvalue weighted by Gasteiger charge is 2.39. The standard InChI is InChI=1S/C18H32O7SSi/c1-5-23-27(24-6-2,25-7-3)16-8-13-21-14-15-22-26(19,20)18-11-9-17(4)10-12-18/h9-12H,5-8,13-16H2,1-4H3. The Morgan fingerprint density at radius 1 is 0.852 bits per heavy atom. The first-order valence-corrected chi connectivity index (χ1v) is 12.7. The summed E-state index contributed by atoms with van der Waals surface area (Å²) in [6.07, 6.45) is 0.705. The Kier molecular flexibility index (Phi) is 11.3. The summed E-state index contributed by atoms with van der Waals surface area (Å²) in [5, 5.41) is 0. The molecule has 0 atom stereocenters. The van der Waals surface area contributed by atoms with Gasteiger partial charge in [0.05, 0.1) is 18.1 Å². The monoisotopic (exact) mass is 420 g/mol. The maximum absolute atomic E-state index is 12.1. The lowest BCUT2D eigenvalue weighted by Crippen LogP contribution is -2.46. The van der Waals surface area contributed by atoms with Crippen molar-refractivity contribution in [2.45, 2.75) is 45.1 Å². The van der Waals surface area contributed by atoms with Crippen LogP contribution in [-0.4, -0.2) is 56.9 Å². The van der Waals surface area contributed by atoms with Crippen LogP contribution in [0.15, 0.2) is 29.2 Å². The molecular weight excluding hydrogens is 388 g/mol. The van der Waals surface area contributed by atoms with E-state index in [1.165, 1.54) is 12.1 Å². The molecule has 0 spiro atoms. The van der Waals surface area contributed by atoms with E-state index < -0.39 is 18.9 Å². The minimum atomic E-state index is -3.75. The van der Waals surface area contributed by atoms with Crippen LogP contribution in [-0.2, 0) is 32.3 Å². The fraction of sp³-hybridized carbons (Fsp3) is 0.667. The van der Waals surface area contributed by atoms with E-state index in [0.717, 1.165) is 5.56 Å². The quantitative estimate of drug-likeness (QED) is 0.245. The van der Waals surface area contributed by atoms with Crippen molar-refractivity contribution in [1.82, 2.24) is 0 Å². The van der Waals surface area contributed by atoms with E-state index in [9.17, 15) is 8.42 Å². The number of rotatable bonds is 15. The molecule has 0 heterocycles. The molecule has 9 heteroatoms. The van der Waals surface area contributed by atoms with Crippen LogP contribution in [0, 0.1) is 6.92 Å². The molecule has 0 radical (unpaired) electrons. The maximum Gasteiger partial charge on any atom is 0.501 e. The molecule has 0 saturated heterocycles. The highest BCUT2D eigenvalue weighted by Crippen LogP contribution is 2.18. The van der Waals surface area contributed by atoms with Crippen molar-refractivity contribution >= 4 is 18.9 Å². The lowest BCUT2D eigenvalue weighted by atomic mass is 10.2. The van der Waals surface area contributed by atoms with Crippen molar-refractivity contribution in [2.75, 3.05) is 39.6 Å². The third-order valence-electron chi connectivity index (χ3n) is 3.64. The molecule has 0 aliphatic carbocycles. The average molecular weight is 421 g/mol. The van der Waals surface area contributed by atoms with Crippen LogP contribution < -0.4 is 0 Å². The molecule has 0 aliphatic rings. The van der Waals surface area contributed by atoms with Crippen molar-refractivity contribution in [2.24, 2.45) is 0 Å². The Morgan fingerprint density at radius 3 is 1.93 bits per heavy atom. The molecular formula is C18H32O7SSi. The lowest BCUT2D eigenvalue weighted by molar-refractivity contribution is 0.0636. The van der Waals surface area contributed by atoms with Crippen LogP contribution in [0.2, 0.25) is 6.04 Å². The Labute approximate surface area is 164 Å². The van der Waals surface area contributed by atoms with Gasteiger partial charge >= 0.3 is 8.80 Å². The van der Waals surface area contributed by atoms with Gasteiger partial charge in [0, 0.05) is 32.5 Å². The minimum absolute atomic E-state index is 0.0266. The second kappa shape index (κ2) is 12.6. The third kappa shape index (κ3) is 8.82. The molecule has 0 bridgehead atoms. The Bertz CT molecular complexity index is 602. The van der Waals surface area contributed by atoms with Crippen LogP contribution in [0.3, 0.4) is 0 Å². The third-order valence-corrected chi connectivity index (χ3v) is 8.12. The molecule has 0 N–H and O–H groups in total. The molecule has 0 aromatic heterocycles. The van der Waals surface area contributed by atoms with Gasteiger partial charge in [-0.1, -0.05) is 17.7 Å². The molecule has 0 fully saturated rings. The van der Waals surface area contributed by atoms with Gasteiger partial charge in [-0.25, -0.2) is 0 Å². The van der Waals surface area contributed by atoms with Crippen molar-refractivity contribution in [1.29, 1.82) is 0 Å². The topological polar surface area (TPSA) is 80.3 Å². The fourth-order valence-corrected chi connectivity index (χ4v) is 5.94. The minimum Gasteiger partial charge on any atom is -0.379 e. The summed E-state index contributed by atoms with van der Waals surface area (Å²) in [7, 11) is -6.40. The van der Waals surface area contributed by atoms with E-state index in [0.29, 0.717) is 38.9 Å². The lowest BCUT2D eigenvalue weighted by Gasteiger charge is -2.28. The first-order chi connectivity index (χ1) is 12.9. The van der Waals surface area contributed by atoms with Crippen LogP contribution in [0.1, 0.15) is 32.8 Å². The summed E-state index contributed by atoms with van der Waals surface area (Å²) in [5.41, 5.74) is 0.989. The first kappa shape index (κ1) is 24.2. The molecule has 1 rings (SSSR count). The fourth-order valence-electron chi connectivity index (χ4n) is 2.47. The van der Waals surface area contributed by atoms with E-state index >= 15 is 0 Å². The zero-order valence-corrected chi connectivity index (χ0v) is 18.5. The van der Waals surface area contributed by atoms with Gasteiger partial charge in [-0.15, -0.1) is 0 Å². The van der Waals surface area contributed by atoms with Gasteiger partial charge in [0.1, 0.15) is 0 Å². The second-order valence-corrected chi connectivity index (χ2v) is 10.1. The number of hydrogen-bond donors (Lipinski definition) is 0. The Morgan fingerprint density at radius 2 is 1.41 bits per heavy atom. The van der Waals surface area contributed by atoms with Crippen molar-refractivity contribution < 1.29 is 30.6 Å². The smallest absolute Gasteiger partial charge is 0.379 e. The first-order valence-electron chi connectivity index (χ1n) is 9.34. The molecule has 156 valence electrons. The molecule has 1 aromatic carbocycles.